The highest BCUT2D eigenvalue weighted by Crippen LogP contribution is 2.85. The molecule has 0 aromatic heterocycles. The predicted molar refractivity (Wildman–Crippen MR) is 254 cm³/mol. The van der Waals surface area contributed by atoms with E-state index < -0.39 is 43.3 Å². The van der Waals surface area contributed by atoms with Gasteiger partial charge in [0, 0.05) is 32.2 Å². The summed E-state index contributed by atoms with van der Waals surface area (Å²) in [5.41, 5.74) is -1.12. The fraction of sp³-hybridized carbons (Fsp3) is 0.887. The molecule has 4 aliphatic carbocycles. The molecule has 4 saturated carbocycles. The van der Waals surface area contributed by atoms with Gasteiger partial charge in [-0.05, 0) is 106 Å². The predicted octanol–water partition coefficient (Wildman–Crippen LogP) is 10.6. The molecule has 0 saturated heterocycles. The molecular formula is C53H89NO13. The Morgan fingerprint density at radius 2 is 0.881 bits per heavy atom. The Labute approximate surface area is 402 Å². The SMILES string of the molecule is CCCCCCCCCOC(=O)CCCC(=O)OCC(COC(=O)CCCC(=O)OCCCCCCCCC)(COC(=O)CC12CC3CC4CC(C1)C43C2)COC(=O)OCCCN(CC)CC. The summed E-state index contributed by atoms with van der Waals surface area (Å²) >= 11 is 0. The van der Waals surface area contributed by atoms with E-state index in [1.807, 2.05) is 0 Å². The zero-order valence-electron chi connectivity index (χ0n) is 42.1. The van der Waals surface area contributed by atoms with Crippen LogP contribution in [0.25, 0.3) is 0 Å². The minimum atomic E-state index is -1.48. The second-order valence-corrected chi connectivity index (χ2v) is 20.6. The van der Waals surface area contributed by atoms with E-state index in [-0.39, 0.29) is 81.5 Å². The Morgan fingerprint density at radius 1 is 0.463 bits per heavy atom. The lowest BCUT2D eigenvalue weighted by Gasteiger charge is -2.66. The molecule has 4 rings (SSSR count). The number of unbranched alkanes of at least 4 members (excludes halogenated alkanes) is 12. The van der Waals surface area contributed by atoms with Crippen LogP contribution < -0.4 is 0 Å². The second kappa shape index (κ2) is 30.2. The van der Waals surface area contributed by atoms with Gasteiger partial charge in [0.15, 0.2) is 0 Å². The largest absolute Gasteiger partial charge is 0.508 e. The second-order valence-electron chi connectivity index (χ2n) is 20.6. The van der Waals surface area contributed by atoms with Gasteiger partial charge < -0.3 is 38.1 Å². The van der Waals surface area contributed by atoms with Gasteiger partial charge in [0.25, 0.3) is 0 Å². The minimum absolute atomic E-state index is 0.0490. The lowest BCUT2D eigenvalue weighted by molar-refractivity contribution is -0.178. The van der Waals surface area contributed by atoms with Crippen LogP contribution in [0.15, 0.2) is 0 Å². The van der Waals surface area contributed by atoms with Crippen molar-refractivity contribution in [1.29, 1.82) is 0 Å². The van der Waals surface area contributed by atoms with E-state index >= 15 is 0 Å². The smallest absolute Gasteiger partial charge is 0.466 e. The van der Waals surface area contributed by atoms with Gasteiger partial charge in [0.05, 0.1) is 26.2 Å². The molecule has 0 aromatic carbocycles. The number of ether oxygens (including phenoxy) is 7. The summed E-state index contributed by atoms with van der Waals surface area (Å²) < 4.78 is 39.3. The fourth-order valence-electron chi connectivity index (χ4n) is 11.5. The molecule has 67 heavy (non-hydrogen) atoms. The maximum atomic E-state index is 13.8. The molecule has 14 heteroatoms. The summed E-state index contributed by atoms with van der Waals surface area (Å²) in [6.45, 7) is 10.2. The van der Waals surface area contributed by atoms with Crippen molar-refractivity contribution in [2.24, 2.45) is 34.0 Å². The van der Waals surface area contributed by atoms with Crippen LogP contribution in [-0.2, 0) is 57.1 Å². The zero-order chi connectivity index (χ0) is 48.4. The quantitative estimate of drug-likeness (QED) is 0.0323. The van der Waals surface area contributed by atoms with Crippen LogP contribution in [0.1, 0.15) is 201 Å². The summed E-state index contributed by atoms with van der Waals surface area (Å²) in [5, 5.41) is 0. The van der Waals surface area contributed by atoms with Crippen molar-refractivity contribution in [3.63, 3.8) is 0 Å². The third-order valence-corrected chi connectivity index (χ3v) is 15.4. The molecule has 4 aliphatic rings. The first-order chi connectivity index (χ1) is 32.4. The van der Waals surface area contributed by atoms with Gasteiger partial charge in [-0.25, -0.2) is 4.79 Å². The number of esters is 5. The fourth-order valence-corrected chi connectivity index (χ4v) is 11.5. The highest BCUT2D eigenvalue weighted by molar-refractivity contribution is 5.73. The van der Waals surface area contributed by atoms with Gasteiger partial charge in [-0.2, -0.15) is 0 Å². The molecule has 0 aliphatic heterocycles. The van der Waals surface area contributed by atoms with Crippen molar-refractivity contribution in [3.05, 3.63) is 0 Å². The van der Waals surface area contributed by atoms with Crippen LogP contribution >= 0.6 is 0 Å². The summed E-state index contributed by atoms with van der Waals surface area (Å²) in [7, 11) is 0. The van der Waals surface area contributed by atoms with Crippen molar-refractivity contribution in [3.8, 4) is 0 Å². The van der Waals surface area contributed by atoms with Crippen molar-refractivity contribution < 1.29 is 61.9 Å². The first kappa shape index (κ1) is 56.2. The standard InChI is InChI=1S/C53H89NO13/c1-5-9-11-13-15-17-19-29-61-45(55)24-21-26-47(57)64-38-52(41-67-50(60)63-31-23-28-54(7-3)8-4,39-65-48(58)27-22-25-46(56)62-30-20-18-16-14-12-10-6-2)40-66-49(59)36-51-34-43-32-42-33-44(35-51)53(42,43)37-51/h42-44H,5-41H2,1-4H3. The lowest BCUT2D eigenvalue weighted by Crippen LogP contribution is -2.59. The molecule has 0 radical (unpaired) electrons. The van der Waals surface area contributed by atoms with Gasteiger partial charge in [0.2, 0.25) is 0 Å². The summed E-state index contributed by atoms with van der Waals surface area (Å²) in [5.74, 6) is -0.188. The number of rotatable bonds is 40. The Bertz CT molecular complexity index is 1440. The molecule has 2 bridgehead atoms. The third kappa shape index (κ3) is 18.8. The van der Waals surface area contributed by atoms with Crippen molar-refractivity contribution >= 4 is 36.0 Å². The van der Waals surface area contributed by atoms with E-state index in [4.69, 9.17) is 33.2 Å². The van der Waals surface area contributed by atoms with E-state index in [1.54, 1.807) is 0 Å². The van der Waals surface area contributed by atoms with E-state index in [0.29, 0.717) is 36.9 Å². The van der Waals surface area contributed by atoms with Crippen LogP contribution in [0.4, 0.5) is 4.79 Å². The Hall–Kier alpha value is -3.42. The normalized spacial score (nSPS) is 22.0. The molecular weight excluding hydrogens is 859 g/mol. The average molecular weight is 948 g/mol. The monoisotopic (exact) mass is 948 g/mol. The van der Waals surface area contributed by atoms with Gasteiger partial charge in [-0.15, -0.1) is 0 Å². The number of hydrogen-bond acceptors (Lipinski definition) is 14. The molecule has 0 aromatic rings. The Morgan fingerprint density at radius 3 is 1.33 bits per heavy atom. The maximum absolute atomic E-state index is 13.8. The van der Waals surface area contributed by atoms with E-state index in [0.717, 1.165) is 83.3 Å². The molecule has 384 valence electrons. The first-order valence-corrected chi connectivity index (χ1v) is 26.7. The highest BCUT2D eigenvalue weighted by Gasteiger charge is 2.77. The highest BCUT2D eigenvalue weighted by atomic mass is 16.7. The molecule has 0 N–H and O–H groups in total. The van der Waals surface area contributed by atoms with Crippen LogP contribution in [0.3, 0.4) is 0 Å². The molecule has 1 spiro atoms. The summed E-state index contributed by atoms with van der Waals surface area (Å²) in [4.78, 5) is 80.1. The molecule has 0 heterocycles. The Balaban J connectivity index is 1.33. The van der Waals surface area contributed by atoms with Gasteiger partial charge in [-0.1, -0.05) is 105 Å². The summed E-state index contributed by atoms with van der Waals surface area (Å²) in [6, 6.07) is 0. The maximum Gasteiger partial charge on any atom is 0.508 e. The number of carbonyl (C=O) groups is 6. The third-order valence-electron chi connectivity index (χ3n) is 15.4. The van der Waals surface area contributed by atoms with Crippen LogP contribution in [0.5, 0.6) is 0 Å². The van der Waals surface area contributed by atoms with E-state index in [9.17, 15) is 28.8 Å². The van der Waals surface area contributed by atoms with Gasteiger partial charge >= 0.3 is 36.0 Å². The number of nitrogens with zero attached hydrogens (tertiary/aromatic N) is 1. The van der Waals surface area contributed by atoms with E-state index in [2.05, 4.69) is 32.6 Å². The van der Waals surface area contributed by atoms with Gasteiger partial charge in [-0.3, -0.25) is 24.0 Å². The van der Waals surface area contributed by atoms with Crippen molar-refractivity contribution in [1.82, 2.24) is 4.90 Å². The van der Waals surface area contributed by atoms with Gasteiger partial charge in [0.1, 0.15) is 31.8 Å². The topological polar surface area (TPSA) is 170 Å². The molecule has 2 unspecified atom stereocenters. The van der Waals surface area contributed by atoms with Crippen molar-refractivity contribution in [2.45, 2.75) is 201 Å². The number of fused-ring (bicyclic) bond motifs is 1. The van der Waals surface area contributed by atoms with Crippen LogP contribution in [-0.4, -0.2) is 107 Å². The Kier molecular flexibility index (Phi) is 25.4. The minimum Gasteiger partial charge on any atom is -0.466 e. The molecule has 14 nitrogen and oxygen atoms in total. The molecule has 0 amide bonds. The first-order valence-electron chi connectivity index (χ1n) is 26.7. The van der Waals surface area contributed by atoms with Crippen LogP contribution in [0.2, 0.25) is 0 Å². The summed E-state index contributed by atoms with van der Waals surface area (Å²) in [6.07, 6.45) is 21.5. The molecule has 4 fully saturated rings. The zero-order valence-corrected chi connectivity index (χ0v) is 42.1. The van der Waals surface area contributed by atoms with Crippen molar-refractivity contribution in [2.75, 3.05) is 65.9 Å². The average Bonchev–Trinajstić information content (AvgIpc) is 3.78. The lowest BCUT2D eigenvalue weighted by atomic mass is 9.38. The van der Waals surface area contributed by atoms with Crippen LogP contribution in [0, 0.1) is 34.0 Å². The van der Waals surface area contributed by atoms with E-state index in [1.165, 1.54) is 64.2 Å². The number of carbonyl (C=O) groups excluding carboxylic acids is 6. The number of hydrogen-bond donors (Lipinski definition) is 0. The molecule has 2 atom stereocenters.